The number of alkyl halides is 3. The van der Waals surface area contributed by atoms with Crippen molar-refractivity contribution < 1.29 is 27.5 Å². The molecule has 4 aromatic rings. The molecule has 0 atom stereocenters. The maximum atomic E-state index is 13.6. The van der Waals surface area contributed by atoms with Gasteiger partial charge in [0.2, 0.25) is 0 Å². The topological polar surface area (TPSA) is 70.3 Å². The van der Waals surface area contributed by atoms with Crippen molar-refractivity contribution in [1.29, 1.82) is 0 Å². The largest absolute Gasteiger partial charge is 0.464 e. The molecule has 1 aromatic heterocycles. The molecule has 0 aliphatic carbocycles. The summed E-state index contributed by atoms with van der Waals surface area (Å²) in [4.78, 5) is 39.4. The predicted molar refractivity (Wildman–Crippen MR) is 123 cm³/mol. The van der Waals surface area contributed by atoms with Gasteiger partial charge in [0.1, 0.15) is 0 Å². The van der Waals surface area contributed by atoms with Crippen LogP contribution in [-0.4, -0.2) is 28.0 Å². The molecule has 0 spiro atoms. The Morgan fingerprint density at radius 2 is 1.43 bits per heavy atom. The van der Waals surface area contributed by atoms with Gasteiger partial charge in [0.15, 0.2) is 11.5 Å². The minimum absolute atomic E-state index is 0.0163. The average molecular weight is 480 g/mol. The fraction of sp³-hybridized carbons (Fsp3) is 0.115. The quantitative estimate of drug-likeness (QED) is 0.288. The molecule has 9 heteroatoms. The summed E-state index contributed by atoms with van der Waals surface area (Å²) in [5.74, 6) is -1.34. The molecule has 0 amide bonds. The molecule has 4 rings (SSSR count). The predicted octanol–water partition coefficient (Wildman–Crippen LogP) is 4.99. The van der Waals surface area contributed by atoms with E-state index in [1.807, 2.05) is 0 Å². The summed E-state index contributed by atoms with van der Waals surface area (Å²) in [5.41, 5.74) is -0.954. The highest BCUT2D eigenvalue weighted by molar-refractivity contribution is 5.98. The Kier molecular flexibility index (Phi) is 6.42. The van der Waals surface area contributed by atoms with Crippen molar-refractivity contribution >= 4 is 11.8 Å². The van der Waals surface area contributed by atoms with Gasteiger partial charge in [-0.2, -0.15) is 13.2 Å². The van der Waals surface area contributed by atoms with Crippen LogP contribution in [0.3, 0.4) is 0 Å². The highest BCUT2D eigenvalue weighted by Crippen LogP contribution is 2.33. The number of hydrogen-bond acceptors (Lipinski definition) is 4. The first kappa shape index (κ1) is 23.7. The van der Waals surface area contributed by atoms with Crippen molar-refractivity contribution in [3.8, 4) is 16.9 Å². The summed E-state index contributed by atoms with van der Waals surface area (Å²) in [5, 5.41) is 0. The molecule has 6 nitrogen and oxygen atoms in total. The second-order valence-corrected chi connectivity index (χ2v) is 7.59. The fourth-order valence-electron chi connectivity index (χ4n) is 3.75. The van der Waals surface area contributed by atoms with E-state index in [0.29, 0.717) is 11.3 Å². The minimum atomic E-state index is -4.56. The summed E-state index contributed by atoms with van der Waals surface area (Å²) >= 11 is 0. The van der Waals surface area contributed by atoms with E-state index < -0.39 is 35.7 Å². The number of carbonyl (C=O) groups is 2. The van der Waals surface area contributed by atoms with Gasteiger partial charge in [0.25, 0.3) is 0 Å². The van der Waals surface area contributed by atoms with Crippen molar-refractivity contribution in [3.05, 3.63) is 112 Å². The van der Waals surface area contributed by atoms with E-state index in [9.17, 15) is 27.6 Å². The molecule has 0 fully saturated rings. The number of carbonyl (C=O) groups excluding carboxylic acids is 2. The standard InChI is InChI=1S/C26H19F3N2O4/c1-35-24(33)23-22(18-12-14-19(15-13-18)26(27,28)29)31(20-10-6-3-7-11-20)25(34)30(23)16-21(32)17-8-4-2-5-9-17/h2-15H,16H2,1H3. The van der Waals surface area contributed by atoms with Gasteiger partial charge in [0, 0.05) is 11.1 Å². The van der Waals surface area contributed by atoms with E-state index in [1.54, 1.807) is 60.7 Å². The second kappa shape index (κ2) is 9.46. The molecule has 0 aliphatic heterocycles. The number of halogens is 3. The van der Waals surface area contributed by atoms with E-state index in [2.05, 4.69) is 0 Å². The van der Waals surface area contributed by atoms with E-state index in [1.165, 1.54) is 16.7 Å². The SMILES string of the molecule is COC(=O)c1c(-c2ccc(C(F)(F)F)cc2)n(-c2ccccc2)c(=O)n1CC(=O)c1ccccc1. The molecule has 0 radical (unpaired) electrons. The molecule has 1 heterocycles. The van der Waals surface area contributed by atoms with Crippen LogP contribution in [0.1, 0.15) is 26.4 Å². The number of rotatable bonds is 6. The summed E-state index contributed by atoms with van der Waals surface area (Å²) in [6, 6.07) is 20.6. The third kappa shape index (κ3) is 4.65. The van der Waals surface area contributed by atoms with Crippen LogP contribution in [0.4, 0.5) is 13.2 Å². The van der Waals surface area contributed by atoms with Crippen LogP contribution < -0.4 is 5.69 Å². The van der Waals surface area contributed by atoms with Crippen LogP contribution in [0.2, 0.25) is 0 Å². The van der Waals surface area contributed by atoms with Crippen LogP contribution in [0.5, 0.6) is 0 Å². The smallest absolute Gasteiger partial charge is 0.416 e. The summed E-state index contributed by atoms with van der Waals surface area (Å²) in [6.45, 7) is -0.471. The lowest BCUT2D eigenvalue weighted by Gasteiger charge is -2.11. The van der Waals surface area contributed by atoms with Gasteiger partial charge in [-0.3, -0.25) is 13.9 Å². The van der Waals surface area contributed by atoms with Crippen LogP contribution in [0.25, 0.3) is 16.9 Å². The van der Waals surface area contributed by atoms with Gasteiger partial charge < -0.3 is 4.74 Å². The molecule has 35 heavy (non-hydrogen) atoms. The van der Waals surface area contributed by atoms with Gasteiger partial charge in [-0.1, -0.05) is 60.7 Å². The van der Waals surface area contributed by atoms with Gasteiger partial charge in [0.05, 0.1) is 30.6 Å². The number of ketones is 1. The monoisotopic (exact) mass is 480 g/mol. The van der Waals surface area contributed by atoms with E-state index in [-0.39, 0.29) is 17.0 Å². The lowest BCUT2D eigenvalue weighted by molar-refractivity contribution is -0.137. The molecule has 0 bridgehead atoms. The van der Waals surface area contributed by atoms with Crippen molar-refractivity contribution in [2.45, 2.75) is 12.7 Å². The number of aromatic nitrogens is 2. The fourth-order valence-corrected chi connectivity index (χ4v) is 3.75. The van der Waals surface area contributed by atoms with Crippen molar-refractivity contribution in [1.82, 2.24) is 9.13 Å². The molecule has 178 valence electrons. The summed E-state index contributed by atoms with van der Waals surface area (Å²) in [6.07, 6.45) is -4.56. The minimum Gasteiger partial charge on any atom is -0.464 e. The zero-order valence-electron chi connectivity index (χ0n) is 18.5. The number of methoxy groups -OCH3 is 1. The lowest BCUT2D eigenvalue weighted by Crippen LogP contribution is -2.28. The number of nitrogens with zero attached hydrogens (tertiary/aromatic N) is 2. The van der Waals surface area contributed by atoms with Crippen molar-refractivity contribution in [3.63, 3.8) is 0 Å². The summed E-state index contributed by atoms with van der Waals surface area (Å²) in [7, 11) is 1.12. The van der Waals surface area contributed by atoms with Crippen molar-refractivity contribution in [2.24, 2.45) is 0 Å². The van der Waals surface area contributed by atoms with E-state index in [4.69, 9.17) is 4.74 Å². The third-order valence-corrected chi connectivity index (χ3v) is 5.42. The first-order valence-electron chi connectivity index (χ1n) is 10.5. The maximum Gasteiger partial charge on any atom is 0.416 e. The second-order valence-electron chi connectivity index (χ2n) is 7.59. The molecular weight excluding hydrogens is 461 g/mol. The Morgan fingerprint density at radius 3 is 1.97 bits per heavy atom. The first-order valence-corrected chi connectivity index (χ1v) is 10.5. The van der Waals surface area contributed by atoms with Crippen molar-refractivity contribution in [2.75, 3.05) is 7.11 Å². The normalized spacial score (nSPS) is 11.3. The Labute approximate surface area is 197 Å². The van der Waals surface area contributed by atoms with Crippen LogP contribution in [0.15, 0.2) is 89.7 Å². The molecule has 0 saturated carbocycles. The Bertz CT molecular complexity index is 1420. The summed E-state index contributed by atoms with van der Waals surface area (Å²) < 4.78 is 46.5. The van der Waals surface area contributed by atoms with Gasteiger partial charge in [-0.05, 0) is 24.3 Å². The van der Waals surface area contributed by atoms with Crippen LogP contribution in [0, 0.1) is 0 Å². The number of esters is 1. The molecule has 3 aromatic carbocycles. The zero-order chi connectivity index (χ0) is 25.2. The van der Waals surface area contributed by atoms with Gasteiger partial charge in [-0.15, -0.1) is 0 Å². The Balaban J connectivity index is 1.98. The molecule has 0 unspecified atom stereocenters. The number of ether oxygens (including phenoxy) is 1. The number of para-hydroxylation sites is 1. The number of imidazole rings is 1. The Hall–Kier alpha value is -4.40. The lowest BCUT2D eigenvalue weighted by atomic mass is 10.1. The van der Waals surface area contributed by atoms with Gasteiger partial charge in [-0.25, -0.2) is 9.59 Å². The highest BCUT2D eigenvalue weighted by Gasteiger charge is 2.32. The third-order valence-electron chi connectivity index (χ3n) is 5.42. The number of benzene rings is 3. The molecule has 0 N–H and O–H groups in total. The first-order chi connectivity index (χ1) is 16.7. The Morgan fingerprint density at radius 1 is 0.857 bits per heavy atom. The maximum absolute atomic E-state index is 13.6. The molecular formula is C26H19F3N2O4. The number of hydrogen-bond donors (Lipinski definition) is 0. The average Bonchev–Trinajstić information content (AvgIpc) is 3.16. The highest BCUT2D eigenvalue weighted by atomic mass is 19.4. The number of Topliss-reactive ketones (excluding diaryl/α,β-unsaturated/α-hetero) is 1. The molecule has 0 saturated heterocycles. The van der Waals surface area contributed by atoms with Crippen LogP contribution >= 0.6 is 0 Å². The molecule has 0 aliphatic rings. The van der Waals surface area contributed by atoms with Gasteiger partial charge >= 0.3 is 17.8 Å². The van der Waals surface area contributed by atoms with E-state index >= 15 is 0 Å². The zero-order valence-corrected chi connectivity index (χ0v) is 18.5. The van der Waals surface area contributed by atoms with Crippen LogP contribution in [-0.2, 0) is 17.5 Å². The van der Waals surface area contributed by atoms with E-state index in [0.717, 1.165) is 23.8 Å².